The number of hydrogen-bond donors (Lipinski definition) is 1. The van der Waals surface area contributed by atoms with Crippen LogP contribution in [0.1, 0.15) is 24.0 Å². The Balaban J connectivity index is 1.24. The third kappa shape index (κ3) is 4.84. The summed E-state index contributed by atoms with van der Waals surface area (Å²) < 4.78 is 41.4. The molecule has 4 aromatic rings. The van der Waals surface area contributed by atoms with Crippen LogP contribution in [0.25, 0.3) is 16.8 Å². The molecular weight excluding hydrogens is 455 g/mol. The van der Waals surface area contributed by atoms with E-state index in [9.17, 15) is 18.0 Å². The lowest BCUT2D eigenvalue weighted by molar-refractivity contribution is -0.138. The molecule has 2 aromatic heterocycles. The van der Waals surface area contributed by atoms with Gasteiger partial charge in [-0.1, -0.05) is 48.5 Å². The van der Waals surface area contributed by atoms with E-state index in [0.29, 0.717) is 25.9 Å². The third-order valence-electron chi connectivity index (χ3n) is 6.38. The molecule has 180 valence electrons. The number of aromatic nitrogens is 3. The first-order valence-electron chi connectivity index (χ1n) is 11.5. The van der Waals surface area contributed by atoms with Gasteiger partial charge in [0.25, 0.3) is 0 Å². The average molecular weight is 480 g/mol. The second kappa shape index (κ2) is 9.40. The lowest BCUT2D eigenvalue weighted by atomic mass is 9.95. The standard InChI is InChI=1S/C26H24F3N5O/c27-26(28,29)21-9-5-4-8-20(21)17-31-25(35)19-10-13-33(14-11-19)24-23-16-22(18-6-2-1-3-7-18)32-34(23)15-12-30-24/h1-9,12,15-16,19H,10-11,13-14,17H2,(H,31,35). The van der Waals surface area contributed by atoms with Gasteiger partial charge in [0.15, 0.2) is 5.82 Å². The molecule has 2 aromatic carbocycles. The van der Waals surface area contributed by atoms with Crippen molar-refractivity contribution in [3.63, 3.8) is 0 Å². The van der Waals surface area contributed by atoms with Gasteiger partial charge in [-0.2, -0.15) is 18.3 Å². The molecule has 1 aliphatic heterocycles. The van der Waals surface area contributed by atoms with Gasteiger partial charge in [0, 0.05) is 43.5 Å². The Bertz CT molecular complexity index is 1330. The molecule has 0 radical (unpaired) electrons. The van der Waals surface area contributed by atoms with Crippen molar-refractivity contribution in [2.75, 3.05) is 18.0 Å². The summed E-state index contributed by atoms with van der Waals surface area (Å²) in [5.74, 6) is 0.331. The number of hydrogen-bond acceptors (Lipinski definition) is 4. The highest BCUT2D eigenvalue weighted by atomic mass is 19.4. The molecule has 1 aliphatic rings. The highest BCUT2D eigenvalue weighted by Crippen LogP contribution is 2.32. The van der Waals surface area contributed by atoms with Crippen LogP contribution in [0.2, 0.25) is 0 Å². The Morgan fingerprint density at radius 3 is 2.49 bits per heavy atom. The van der Waals surface area contributed by atoms with Crippen molar-refractivity contribution >= 4 is 17.2 Å². The minimum atomic E-state index is -4.45. The van der Waals surface area contributed by atoms with E-state index >= 15 is 0 Å². The van der Waals surface area contributed by atoms with E-state index in [1.54, 1.807) is 12.3 Å². The number of nitrogens with zero attached hydrogens (tertiary/aromatic N) is 4. The first kappa shape index (κ1) is 22.9. The Morgan fingerprint density at radius 1 is 1.03 bits per heavy atom. The Morgan fingerprint density at radius 2 is 1.74 bits per heavy atom. The minimum Gasteiger partial charge on any atom is -0.355 e. The number of alkyl halides is 3. The fraction of sp³-hybridized carbons (Fsp3) is 0.269. The van der Waals surface area contributed by atoms with Crippen LogP contribution in [0.4, 0.5) is 19.0 Å². The summed E-state index contributed by atoms with van der Waals surface area (Å²) >= 11 is 0. The number of nitrogens with one attached hydrogen (secondary N) is 1. The fourth-order valence-corrected chi connectivity index (χ4v) is 4.53. The molecule has 0 atom stereocenters. The smallest absolute Gasteiger partial charge is 0.355 e. The lowest BCUT2D eigenvalue weighted by Gasteiger charge is -2.32. The molecule has 1 fully saturated rings. The lowest BCUT2D eigenvalue weighted by Crippen LogP contribution is -2.41. The maximum atomic E-state index is 13.2. The van der Waals surface area contributed by atoms with Crippen LogP contribution in [0, 0.1) is 5.92 Å². The van der Waals surface area contributed by atoms with Crippen LogP contribution < -0.4 is 10.2 Å². The molecule has 0 unspecified atom stereocenters. The van der Waals surface area contributed by atoms with Crippen molar-refractivity contribution in [2.24, 2.45) is 5.92 Å². The van der Waals surface area contributed by atoms with Crippen LogP contribution in [-0.2, 0) is 17.5 Å². The number of carbonyl (C=O) groups excluding carboxylic acids is 1. The normalized spacial score (nSPS) is 14.9. The van der Waals surface area contributed by atoms with Crippen molar-refractivity contribution in [1.29, 1.82) is 0 Å². The highest BCUT2D eigenvalue weighted by molar-refractivity contribution is 5.79. The minimum absolute atomic E-state index is 0.0663. The van der Waals surface area contributed by atoms with Gasteiger partial charge in [-0.3, -0.25) is 4.79 Å². The number of amides is 1. The first-order valence-corrected chi connectivity index (χ1v) is 11.5. The van der Waals surface area contributed by atoms with Crippen molar-refractivity contribution in [3.8, 4) is 11.3 Å². The third-order valence-corrected chi connectivity index (χ3v) is 6.38. The second-order valence-electron chi connectivity index (χ2n) is 8.61. The maximum Gasteiger partial charge on any atom is 0.416 e. The highest BCUT2D eigenvalue weighted by Gasteiger charge is 2.33. The van der Waals surface area contributed by atoms with Gasteiger partial charge in [0.2, 0.25) is 5.91 Å². The number of fused-ring (bicyclic) bond motifs is 1. The largest absolute Gasteiger partial charge is 0.416 e. The fourth-order valence-electron chi connectivity index (χ4n) is 4.53. The van der Waals surface area contributed by atoms with Gasteiger partial charge in [0.1, 0.15) is 5.52 Å². The summed E-state index contributed by atoms with van der Waals surface area (Å²) in [6.45, 7) is 1.10. The predicted molar refractivity (Wildman–Crippen MR) is 127 cm³/mol. The molecule has 0 aliphatic carbocycles. The van der Waals surface area contributed by atoms with Crippen molar-refractivity contribution in [3.05, 3.63) is 84.2 Å². The van der Waals surface area contributed by atoms with Crippen molar-refractivity contribution < 1.29 is 18.0 Å². The van der Waals surface area contributed by atoms with Crippen LogP contribution in [0.15, 0.2) is 73.1 Å². The van der Waals surface area contributed by atoms with Crippen LogP contribution in [0.3, 0.4) is 0 Å². The summed E-state index contributed by atoms with van der Waals surface area (Å²) in [7, 11) is 0. The van der Waals surface area contributed by atoms with Crippen LogP contribution >= 0.6 is 0 Å². The molecule has 9 heteroatoms. The van der Waals surface area contributed by atoms with E-state index in [1.165, 1.54) is 12.1 Å². The SMILES string of the molecule is O=C(NCc1ccccc1C(F)(F)F)C1CCN(c2nccn3nc(-c4ccccc4)cc23)CC1. The van der Waals surface area contributed by atoms with Gasteiger partial charge in [0.05, 0.1) is 11.3 Å². The van der Waals surface area contributed by atoms with E-state index in [4.69, 9.17) is 0 Å². The van der Waals surface area contributed by atoms with Gasteiger partial charge < -0.3 is 10.2 Å². The molecule has 0 spiro atoms. The van der Waals surface area contributed by atoms with Crippen LogP contribution in [0.5, 0.6) is 0 Å². The molecule has 6 nitrogen and oxygen atoms in total. The zero-order valence-corrected chi connectivity index (χ0v) is 18.9. The average Bonchev–Trinajstić information content (AvgIpc) is 3.32. The van der Waals surface area contributed by atoms with E-state index in [1.807, 2.05) is 47.1 Å². The monoisotopic (exact) mass is 479 g/mol. The number of halogens is 3. The topological polar surface area (TPSA) is 62.5 Å². The quantitative estimate of drug-likeness (QED) is 0.440. The van der Waals surface area contributed by atoms with Crippen molar-refractivity contribution in [2.45, 2.75) is 25.6 Å². The second-order valence-corrected chi connectivity index (χ2v) is 8.61. The summed E-state index contributed by atoms with van der Waals surface area (Å²) in [6.07, 6.45) is 0.254. The summed E-state index contributed by atoms with van der Waals surface area (Å²) in [6, 6.07) is 17.2. The van der Waals surface area contributed by atoms with Crippen LogP contribution in [-0.4, -0.2) is 33.6 Å². The number of carbonyl (C=O) groups is 1. The van der Waals surface area contributed by atoms with E-state index in [0.717, 1.165) is 28.7 Å². The number of piperidine rings is 1. The van der Waals surface area contributed by atoms with Gasteiger partial charge in [-0.05, 0) is 30.5 Å². The molecule has 1 amide bonds. The Kier molecular flexibility index (Phi) is 6.15. The number of rotatable bonds is 5. The molecule has 35 heavy (non-hydrogen) atoms. The van der Waals surface area contributed by atoms with Gasteiger partial charge in [-0.25, -0.2) is 9.50 Å². The molecule has 1 N–H and O–H groups in total. The summed E-state index contributed by atoms with van der Waals surface area (Å²) in [5.41, 5.74) is 2.11. The van der Waals surface area contributed by atoms with Crippen molar-refractivity contribution in [1.82, 2.24) is 19.9 Å². The van der Waals surface area contributed by atoms with Gasteiger partial charge >= 0.3 is 6.18 Å². The Hall–Kier alpha value is -3.88. The summed E-state index contributed by atoms with van der Waals surface area (Å²) in [4.78, 5) is 19.4. The van der Waals surface area contributed by atoms with E-state index < -0.39 is 11.7 Å². The molecule has 0 bridgehead atoms. The zero-order chi connectivity index (χ0) is 24.4. The molecule has 5 rings (SSSR count). The predicted octanol–water partition coefficient (Wildman–Crippen LogP) is 4.95. The van der Waals surface area contributed by atoms with E-state index in [-0.39, 0.29) is 23.9 Å². The number of benzene rings is 2. The first-order chi connectivity index (χ1) is 16.9. The molecule has 0 saturated carbocycles. The zero-order valence-electron chi connectivity index (χ0n) is 18.9. The molecule has 3 heterocycles. The number of anilines is 1. The maximum absolute atomic E-state index is 13.2. The molecular formula is C26H24F3N5O. The molecule has 1 saturated heterocycles. The van der Waals surface area contributed by atoms with Gasteiger partial charge in [-0.15, -0.1) is 0 Å². The summed E-state index contributed by atoms with van der Waals surface area (Å²) in [5, 5.41) is 7.36. The Labute approximate surface area is 200 Å². The van der Waals surface area contributed by atoms with E-state index in [2.05, 4.69) is 20.3 Å².